The average Bonchev–Trinajstić information content (AvgIpc) is 2.64. The molecular weight excluding hydrogens is 195 g/mol. The highest BCUT2D eigenvalue weighted by Crippen LogP contribution is 2.17. The zero-order valence-electron chi connectivity index (χ0n) is 8.26. The molecule has 0 bridgehead atoms. The highest BCUT2D eigenvalue weighted by Gasteiger charge is 2.12. The van der Waals surface area contributed by atoms with Crippen LogP contribution in [0.4, 0.5) is 4.39 Å². The Balaban J connectivity index is 2.32. The summed E-state index contributed by atoms with van der Waals surface area (Å²) in [5, 5.41) is 4.16. The van der Waals surface area contributed by atoms with Crippen LogP contribution in [0, 0.1) is 5.82 Å². The minimum atomic E-state index is -0.436. The number of nitrogens with zero attached hydrogens (tertiary/aromatic N) is 3. The third-order valence-electron chi connectivity index (χ3n) is 2.14. The van der Waals surface area contributed by atoms with Crippen molar-refractivity contribution in [3.63, 3.8) is 0 Å². The van der Waals surface area contributed by atoms with Crippen molar-refractivity contribution in [3.8, 4) is 0 Å². The summed E-state index contributed by atoms with van der Waals surface area (Å²) < 4.78 is 14.6. The first kappa shape index (κ1) is 9.79. The molecule has 0 fully saturated rings. The molecular formula is C10H11FN4. The lowest BCUT2D eigenvalue weighted by Gasteiger charge is -2.08. The molecule has 0 spiro atoms. The summed E-state index contributed by atoms with van der Waals surface area (Å²) >= 11 is 0. The van der Waals surface area contributed by atoms with Crippen LogP contribution in [0.25, 0.3) is 0 Å². The largest absolute Gasteiger partial charge is 0.319 e. The van der Waals surface area contributed by atoms with E-state index >= 15 is 0 Å². The molecule has 2 heterocycles. The van der Waals surface area contributed by atoms with Crippen molar-refractivity contribution in [1.29, 1.82) is 0 Å². The molecule has 2 rings (SSSR count). The van der Waals surface area contributed by atoms with Crippen LogP contribution in [0.1, 0.15) is 17.3 Å². The van der Waals surface area contributed by atoms with E-state index in [1.165, 1.54) is 6.07 Å². The molecule has 15 heavy (non-hydrogen) atoms. The van der Waals surface area contributed by atoms with Crippen LogP contribution >= 0.6 is 0 Å². The molecule has 2 aromatic rings. The Kier molecular flexibility index (Phi) is 2.47. The van der Waals surface area contributed by atoms with Gasteiger partial charge >= 0.3 is 0 Å². The van der Waals surface area contributed by atoms with Gasteiger partial charge in [-0.25, -0.2) is 4.39 Å². The molecule has 0 saturated heterocycles. The minimum absolute atomic E-state index is 0.390. The SMILES string of the molecule is Cn1ccc(C(N)c2cncc(F)c2)n1. The van der Waals surface area contributed by atoms with Crippen molar-refractivity contribution in [2.75, 3.05) is 0 Å². The van der Waals surface area contributed by atoms with Crippen LogP contribution in [0.5, 0.6) is 0 Å². The number of hydrogen-bond acceptors (Lipinski definition) is 3. The predicted octanol–water partition coefficient (Wildman–Crippen LogP) is 1.00. The van der Waals surface area contributed by atoms with E-state index in [2.05, 4.69) is 10.1 Å². The Hall–Kier alpha value is -1.75. The molecule has 1 atom stereocenters. The zero-order chi connectivity index (χ0) is 10.8. The second-order valence-electron chi connectivity index (χ2n) is 3.33. The van der Waals surface area contributed by atoms with E-state index < -0.39 is 6.04 Å². The lowest BCUT2D eigenvalue weighted by atomic mass is 10.1. The van der Waals surface area contributed by atoms with Gasteiger partial charge in [-0.05, 0) is 17.7 Å². The van der Waals surface area contributed by atoms with E-state index in [9.17, 15) is 4.39 Å². The van der Waals surface area contributed by atoms with Gasteiger partial charge in [0.2, 0.25) is 0 Å². The van der Waals surface area contributed by atoms with Crippen LogP contribution in [0.15, 0.2) is 30.7 Å². The normalized spacial score (nSPS) is 12.7. The molecule has 0 aromatic carbocycles. The Morgan fingerprint density at radius 2 is 2.27 bits per heavy atom. The fourth-order valence-corrected chi connectivity index (χ4v) is 1.37. The predicted molar refractivity (Wildman–Crippen MR) is 53.4 cm³/mol. The van der Waals surface area contributed by atoms with Crippen molar-refractivity contribution >= 4 is 0 Å². The van der Waals surface area contributed by atoms with E-state index in [1.807, 2.05) is 0 Å². The molecule has 5 heteroatoms. The van der Waals surface area contributed by atoms with Crippen molar-refractivity contribution in [3.05, 3.63) is 47.8 Å². The molecule has 1 unspecified atom stereocenters. The Morgan fingerprint density at radius 3 is 2.87 bits per heavy atom. The fraction of sp³-hybridized carbons (Fsp3) is 0.200. The summed E-state index contributed by atoms with van der Waals surface area (Å²) in [6, 6.07) is 2.73. The summed E-state index contributed by atoms with van der Waals surface area (Å²) in [6.45, 7) is 0. The quantitative estimate of drug-likeness (QED) is 0.797. The smallest absolute Gasteiger partial charge is 0.141 e. The van der Waals surface area contributed by atoms with Gasteiger partial charge < -0.3 is 5.73 Å². The van der Waals surface area contributed by atoms with Gasteiger partial charge in [-0.15, -0.1) is 0 Å². The van der Waals surface area contributed by atoms with Gasteiger partial charge in [0, 0.05) is 19.4 Å². The number of pyridine rings is 1. The van der Waals surface area contributed by atoms with Crippen LogP contribution in [-0.4, -0.2) is 14.8 Å². The Bertz CT molecular complexity index is 466. The monoisotopic (exact) mass is 206 g/mol. The van der Waals surface area contributed by atoms with Gasteiger partial charge in [-0.2, -0.15) is 5.10 Å². The second-order valence-corrected chi connectivity index (χ2v) is 3.33. The first-order valence-electron chi connectivity index (χ1n) is 4.52. The summed E-state index contributed by atoms with van der Waals surface area (Å²) in [4.78, 5) is 3.75. The lowest BCUT2D eigenvalue weighted by molar-refractivity contribution is 0.615. The van der Waals surface area contributed by atoms with Crippen LogP contribution < -0.4 is 5.73 Å². The highest BCUT2D eigenvalue weighted by molar-refractivity contribution is 5.23. The van der Waals surface area contributed by atoms with Crippen LogP contribution in [0.3, 0.4) is 0 Å². The molecule has 2 N–H and O–H groups in total. The fourth-order valence-electron chi connectivity index (χ4n) is 1.37. The maximum Gasteiger partial charge on any atom is 0.141 e. The van der Waals surface area contributed by atoms with Crippen LogP contribution in [0.2, 0.25) is 0 Å². The number of halogens is 1. The van der Waals surface area contributed by atoms with Gasteiger partial charge in [0.05, 0.1) is 17.9 Å². The summed E-state index contributed by atoms with van der Waals surface area (Å²) in [5.74, 6) is -0.390. The van der Waals surface area contributed by atoms with Crippen molar-refractivity contribution < 1.29 is 4.39 Å². The summed E-state index contributed by atoms with van der Waals surface area (Å²) in [5.41, 5.74) is 7.23. The first-order chi connectivity index (χ1) is 7.16. The minimum Gasteiger partial charge on any atom is -0.319 e. The van der Waals surface area contributed by atoms with E-state index in [-0.39, 0.29) is 5.82 Å². The Morgan fingerprint density at radius 1 is 1.47 bits per heavy atom. The van der Waals surface area contributed by atoms with Crippen molar-refractivity contribution in [2.45, 2.75) is 6.04 Å². The Labute approximate surface area is 86.6 Å². The molecule has 0 saturated carbocycles. The number of rotatable bonds is 2. The molecule has 78 valence electrons. The first-order valence-corrected chi connectivity index (χ1v) is 4.52. The number of hydrogen-bond donors (Lipinski definition) is 1. The third-order valence-corrected chi connectivity index (χ3v) is 2.14. The highest BCUT2D eigenvalue weighted by atomic mass is 19.1. The summed E-state index contributed by atoms with van der Waals surface area (Å²) in [7, 11) is 1.81. The molecule has 0 aliphatic carbocycles. The molecule has 4 nitrogen and oxygen atoms in total. The van der Waals surface area contributed by atoms with Crippen LogP contribution in [-0.2, 0) is 7.05 Å². The molecule has 0 radical (unpaired) electrons. The second kappa shape index (κ2) is 3.78. The van der Waals surface area contributed by atoms with E-state index in [0.717, 1.165) is 6.20 Å². The maximum atomic E-state index is 12.9. The lowest BCUT2D eigenvalue weighted by Crippen LogP contribution is -2.13. The van der Waals surface area contributed by atoms with E-state index in [0.29, 0.717) is 11.3 Å². The molecule has 0 amide bonds. The number of aryl methyl sites for hydroxylation is 1. The topological polar surface area (TPSA) is 56.7 Å². The van der Waals surface area contributed by atoms with Crippen molar-refractivity contribution in [2.24, 2.45) is 12.8 Å². The molecule has 0 aliphatic rings. The van der Waals surface area contributed by atoms with Gasteiger partial charge in [-0.1, -0.05) is 0 Å². The van der Waals surface area contributed by atoms with E-state index in [1.54, 1.807) is 30.2 Å². The van der Waals surface area contributed by atoms with E-state index in [4.69, 9.17) is 5.73 Å². The standard InChI is InChI=1S/C10H11FN4/c1-15-3-2-9(14-15)10(12)7-4-8(11)6-13-5-7/h2-6,10H,12H2,1H3. The molecule has 0 aliphatic heterocycles. The van der Waals surface area contributed by atoms with Crippen molar-refractivity contribution in [1.82, 2.24) is 14.8 Å². The third kappa shape index (κ3) is 2.02. The summed E-state index contributed by atoms with van der Waals surface area (Å²) in [6.07, 6.45) is 4.49. The number of aromatic nitrogens is 3. The van der Waals surface area contributed by atoms with Gasteiger partial charge in [0.1, 0.15) is 5.82 Å². The average molecular weight is 206 g/mol. The van der Waals surface area contributed by atoms with Gasteiger partial charge in [0.15, 0.2) is 0 Å². The maximum absolute atomic E-state index is 12.9. The number of nitrogens with two attached hydrogens (primary N) is 1. The van der Waals surface area contributed by atoms with Gasteiger partial charge in [0.25, 0.3) is 0 Å². The molecule has 2 aromatic heterocycles. The zero-order valence-corrected chi connectivity index (χ0v) is 8.26. The van der Waals surface area contributed by atoms with Gasteiger partial charge in [-0.3, -0.25) is 9.67 Å².